The van der Waals surface area contributed by atoms with Crippen LogP contribution in [0.25, 0.3) is 0 Å². The summed E-state index contributed by atoms with van der Waals surface area (Å²) in [7, 11) is 0. The minimum absolute atomic E-state index is 0.205. The smallest absolute Gasteiger partial charge is 0.265 e. The lowest BCUT2D eigenvalue weighted by Crippen LogP contribution is -2.37. The van der Waals surface area contributed by atoms with Crippen molar-refractivity contribution < 1.29 is 14.5 Å². The fourth-order valence-electron chi connectivity index (χ4n) is 1.23. The first kappa shape index (κ1) is 10.1. The molecule has 1 atom stereocenters. The van der Waals surface area contributed by atoms with E-state index in [1.54, 1.807) is 0 Å². The molecule has 0 bridgehead atoms. The van der Waals surface area contributed by atoms with Gasteiger partial charge in [0, 0.05) is 0 Å². The number of benzene rings is 1. The fraction of sp³-hybridized carbons (Fsp3) is 0.300. The lowest BCUT2D eigenvalue weighted by atomic mass is 10.2. The molecule has 1 aliphatic heterocycles. The maximum atomic E-state index is 11.0. The van der Waals surface area contributed by atoms with Gasteiger partial charge in [-0.15, -0.1) is 0 Å². The van der Waals surface area contributed by atoms with Crippen molar-refractivity contribution in [2.45, 2.75) is 12.6 Å². The molecule has 1 aromatic carbocycles. The van der Waals surface area contributed by atoms with E-state index < -0.39 is 6.04 Å². The maximum absolute atomic E-state index is 11.0. The molecule has 0 saturated carbocycles. The predicted octanol–water partition coefficient (Wildman–Crippen LogP) is 0.138. The Labute approximate surface area is 87.3 Å². The van der Waals surface area contributed by atoms with Crippen molar-refractivity contribution in [1.29, 1.82) is 0 Å². The fourth-order valence-corrected chi connectivity index (χ4v) is 1.23. The van der Waals surface area contributed by atoms with Crippen LogP contribution < -0.4 is 11.0 Å². The average molecular weight is 208 g/mol. The molecule has 1 fully saturated rings. The minimum atomic E-state index is -0.422. The van der Waals surface area contributed by atoms with Crippen LogP contribution in [0.15, 0.2) is 30.3 Å². The molecule has 1 amide bonds. The van der Waals surface area contributed by atoms with Gasteiger partial charge in [-0.1, -0.05) is 30.3 Å². The summed E-state index contributed by atoms with van der Waals surface area (Å²) >= 11 is 0. The molecule has 1 aliphatic rings. The lowest BCUT2D eigenvalue weighted by molar-refractivity contribution is -0.127. The molecule has 1 saturated heterocycles. The first-order chi connectivity index (χ1) is 7.36. The van der Waals surface area contributed by atoms with Gasteiger partial charge < -0.3 is 0 Å². The Morgan fingerprint density at radius 1 is 1.47 bits per heavy atom. The van der Waals surface area contributed by atoms with Crippen LogP contribution in [-0.2, 0) is 21.1 Å². The molecule has 0 radical (unpaired) electrons. The summed E-state index contributed by atoms with van der Waals surface area (Å²) in [6.07, 6.45) is 0. The van der Waals surface area contributed by atoms with Gasteiger partial charge >= 0.3 is 0 Å². The highest BCUT2D eigenvalue weighted by Crippen LogP contribution is 2.00. The van der Waals surface area contributed by atoms with Crippen LogP contribution in [-0.4, -0.2) is 18.6 Å². The molecule has 5 nitrogen and oxygen atoms in total. The van der Waals surface area contributed by atoms with E-state index in [0.29, 0.717) is 6.61 Å². The summed E-state index contributed by atoms with van der Waals surface area (Å²) in [6.45, 7) is 0.707. The van der Waals surface area contributed by atoms with Gasteiger partial charge in [0.05, 0.1) is 6.61 Å². The number of nitrogens with one attached hydrogen (secondary N) is 2. The van der Waals surface area contributed by atoms with Crippen molar-refractivity contribution in [1.82, 2.24) is 11.0 Å². The van der Waals surface area contributed by atoms with Crippen molar-refractivity contribution in [2.75, 3.05) is 6.61 Å². The Balaban J connectivity index is 1.73. The third-order valence-electron chi connectivity index (χ3n) is 2.05. The number of hydrogen-bond donors (Lipinski definition) is 2. The minimum Gasteiger partial charge on any atom is -0.296 e. The van der Waals surface area contributed by atoms with Crippen LogP contribution in [0.1, 0.15) is 5.56 Å². The molecule has 2 N–H and O–H groups in total. The second-order valence-electron chi connectivity index (χ2n) is 3.22. The van der Waals surface area contributed by atoms with Crippen molar-refractivity contribution in [3.05, 3.63) is 35.9 Å². The topological polar surface area (TPSA) is 59.6 Å². The lowest BCUT2D eigenvalue weighted by Gasteiger charge is -2.08. The van der Waals surface area contributed by atoms with E-state index in [1.165, 1.54) is 0 Å². The Hall–Kier alpha value is -1.43. The van der Waals surface area contributed by atoms with E-state index in [4.69, 9.17) is 9.68 Å². The zero-order chi connectivity index (χ0) is 10.5. The van der Waals surface area contributed by atoms with Crippen LogP contribution in [0.5, 0.6) is 0 Å². The Kier molecular flexibility index (Phi) is 3.29. The zero-order valence-electron chi connectivity index (χ0n) is 8.10. The number of carbonyl (C=O) groups is 1. The molecule has 0 unspecified atom stereocenters. The van der Waals surface area contributed by atoms with Gasteiger partial charge in [0.25, 0.3) is 5.91 Å². The standard InChI is InChI=1S/C10H12N2O3/c13-10-9(7-15-12-10)11-14-6-8-4-2-1-3-5-8/h1-5,9,11H,6-7H2,(H,12,13)/t9-/m1/s1. The highest BCUT2D eigenvalue weighted by Gasteiger charge is 2.25. The summed E-state index contributed by atoms with van der Waals surface area (Å²) in [4.78, 5) is 21.0. The Bertz CT molecular complexity index is 329. The van der Waals surface area contributed by atoms with Crippen molar-refractivity contribution in [3.63, 3.8) is 0 Å². The summed E-state index contributed by atoms with van der Waals surface area (Å²) in [5.41, 5.74) is 5.93. The number of amides is 1. The largest absolute Gasteiger partial charge is 0.296 e. The quantitative estimate of drug-likeness (QED) is 0.691. The number of carbonyl (C=O) groups excluding carboxylic acids is 1. The highest BCUT2D eigenvalue weighted by molar-refractivity contribution is 5.82. The molecule has 1 heterocycles. The summed E-state index contributed by atoms with van der Waals surface area (Å²) in [5.74, 6) is -0.205. The molecule has 1 aromatic rings. The average Bonchev–Trinajstić information content (AvgIpc) is 2.66. The van der Waals surface area contributed by atoms with Gasteiger partial charge in [-0.25, -0.2) is 5.48 Å². The van der Waals surface area contributed by atoms with Gasteiger partial charge in [0.2, 0.25) is 0 Å². The van der Waals surface area contributed by atoms with Crippen LogP contribution in [0.3, 0.4) is 0 Å². The van der Waals surface area contributed by atoms with Gasteiger partial charge in [0.1, 0.15) is 12.6 Å². The first-order valence-corrected chi connectivity index (χ1v) is 4.69. The van der Waals surface area contributed by atoms with Crippen molar-refractivity contribution in [3.8, 4) is 0 Å². The highest BCUT2D eigenvalue weighted by atomic mass is 16.7. The Morgan fingerprint density at radius 3 is 2.93 bits per heavy atom. The summed E-state index contributed by atoms with van der Waals surface area (Å²) < 4.78 is 0. The van der Waals surface area contributed by atoms with Gasteiger partial charge in [-0.3, -0.25) is 14.5 Å². The predicted molar refractivity (Wildman–Crippen MR) is 52.2 cm³/mol. The van der Waals surface area contributed by atoms with Crippen molar-refractivity contribution in [2.24, 2.45) is 0 Å². The van der Waals surface area contributed by atoms with Crippen LogP contribution >= 0.6 is 0 Å². The number of rotatable bonds is 4. The van der Waals surface area contributed by atoms with E-state index in [1.807, 2.05) is 30.3 Å². The van der Waals surface area contributed by atoms with E-state index in [2.05, 4.69) is 11.0 Å². The van der Waals surface area contributed by atoms with Crippen LogP contribution in [0.2, 0.25) is 0 Å². The van der Waals surface area contributed by atoms with Gasteiger partial charge in [-0.05, 0) is 5.56 Å². The number of hydrogen-bond acceptors (Lipinski definition) is 4. The molecule has 5 heteroatoms. The van der Waals surface area contributed by atoms with Crippen molar-refractivity contribution >= 4 is 5.91 Å². The molecule has 80 valence electrons. The monoisotopic (exact) mass is 208 g/mol. The van der Waals surface area contributed by atoms with E-state index >= 15 is 0 Å². The molecular formula is C10H12N2O3. The first-order valence-electron chi connectivity index (χ1n) is 4.69. The summed E-state index contributed by atoms with van der Waals surface area (Å²) in [5, 5.41) is 0. The van der Waals surface area contributed by atoms with Gasteiger partial charge in [-0.2, -0.15) is 5.48 Å². The zero-order valence-corrected chi connectivity index (χ0v) is 8.10. The summed E-state index contributed by atoms with van der Waals surface area (Å²) in [6, 6.07) is 9.29. The maximum Gasteiger partial charge on any atom is 0.265 e. The molecule has 15 heavy (non-hydrogen) atoms. The second kappa shape index (κ2) is 4.88. The molecule has 0 aliphatic carbocycles. The third kappa shape index (κ3) is 2.76. The molecular weight excluding hydrogens is 196 g/mol. The van der Waals surface area contributed by atoms with Crippen LogP contribution in [0, 0.1) is 0 Å². The Morgan fingerprint density at radius 2 is 2.27 bits per heavy atom. The van der Waals surface area contributed by atoms with E-state index in [0.717, 1.165) is 5.56 Å². The number of hydroxylamine groups is 2. The SMILES string of the molecule is O=C1NOC[C@H]1NOCc1ccccc1. The van der Waals surface area contributed by atoms with E-state index in [9.17, 15) is 4.79 Å². The van der Waals surface area contributed by atoms with E-state index in [-0.39, 0.29) is 12.5 Å². The van der Waals surface area contributed by atoms with Gasteiger partial charge in [0.15, 0.2) is 0 Å². The third-order valence-corrected chi connectivity index (χ3v) is 2.05. The molecule has 0 spiro atoms. The van der Waals surface area contributed by atoms with Crippen LogP contribution in [0.4, 0.5) is 0 Å². The molecule has 0 aromatic heterocycles. The normalized spacial score (nSPS) is 20.3. The molecule has 2 rings (SSSR count). The second-order valence-corrected chi connectivity index (χ2v) is 3.22.